The van der Waals surface area contributed by atoms with Crippen LogP contribution in [0.5, 0.6) is 0 Å². The second-order valence-corrected chi connectivity index (χ2v) is 9.96. The molecule has 168 valence electrons. The summed E-state index contributed by atoms with van der Waals surface area (Å²) in [4.78, 5) is 14.5. The topological polar surface area (TPSA) is 79.0 Å². The zero-order chi connectivity index (χ0) is 21.4. The molecule has 0 spiro atoms. The Labute approximate surface area is 178 Å². The molecule has 2 aliphatic heterocycles. The number of amides is 1. The Kier molecular flexibility index (Phi) is 8.61. The molecule has 3 rings (SSSR count). The van der Waals surface area contributed by atoms with Crippen LogP contribution in [0.3, 0.4) is 0 Å². The summed E-state index contributed by atoms with van der Waals surface area (Å²) in [6.45, 7) is 5.88. The van der Waals surface area contributed by atoms with Gasteiger partial charge in [-0.25, -0.2) is 12.8 Å². The minimum atomic E-state index is -3.71. The minimum Gasteiger partial charge on any atom is -0.379 e. The van der Waals surface area contributed by atoms with Crippen LogP contribution in [-0.2, 0) is 19.6 Å². The minimum absolute atomic E-state index is 0.0128. The van der Waals surface area contributed by atoms with E-state index in [0.717, 1.165) is 58.2 Å². The summed E-state index contributed by atoms with van der Waals surface area (Å²) in [6, 6.07) is 5.13. The molecule has 1 atom stereocenters. The lowest BCUT2D eigenvalue weighted by Gasteiger charge is -2.32. The van der Waals surface area contributed by atoms with Gasteiger partial charge in [-0.1, -0.05) is 6.07 Å². The van der Waals surface area contributed by atoms with Crippen LogP contribution in [0.15, 0.2) is 29.2 Å². The van der Waals surface area contributed by atoms with E-state index in [2.05, 4.69) is 10.2 Å². The van der Waals surface area contributed by atoms with Crippen molar-refractivity contribution in [2.24, 2.45) is 5.92 Å². The van der Waals surface area contributed by atoms with E-state index >= 15 is 0 Å². The molecule has 7 nitrogen and oxygen atoms in total. The Morgan fingerprint density at radius 2 is 2.03 bits per heavy atom. The van der Waals surface area contributed by atoms with Gasteiger partial charge >= 0.3 is 0 Å². The lowest BCUT2D eigenvalue weighted by Crippen LogP contribution is -2.40. The van der Waals surface area contributed by atoms with Crippen molar-refractivity contribution in [1.82, 2.24) is 14.5 Å². The first-order valence-corrected chi connectivity index (χ1v) is 12.2. The molecule has 0 saturated carbocycles. The average molecular weight is 442 g/mol. The van der Waals surface area contributed by atoms with Gasteiger partial charge in [0.05, 0.1) is 18.1 Å². The molecule has 1 N–H and O–H groups in total. The van der Waals surface area contributed by atoms with E-state index in [1.54, 1.807) is 0 Å². The molecule has 0 bridgehead atoms. The molecule has 1 unspecified atom stereocenters. The SMILES string of the molecule is O=C(CCC1CCCN(S(=O)(=O)c2cccc(F)c2)C1)NCCCN1CCOCC1. The second kappa shape index (κ2) is 11.2. The van der Waals surface area contributed by atoms with Gasteiger partial charge < -0.3 is 10.1 Å². The molecule has 1 aromatic rings. The third-order valence-electron chi connectivity index (χ3n) is 5.77. The van der Waals surface area contributed by atoms with Crippen LogP contribution in [-0.4, -0.2) is 76.0 Å². The molecule has 2 aliphatic rings. The summed E-state index contributed by atoms with van der Waals surface area (Å²) >= 11 is 0. The van der Waals surface area contributed by atoms with Gasteiger partial charge in [0, 0.05) is 39.1 Å². The number of hydrogen-bond acceptors (Lipinski definition) is 5. The zero-order valence-electron chi connectivity index (χ0n) is 17.4. The smallest absolute Gasteiger partial charge is 0.243 e. The predicted octanol–water partition coefficient (Wildman–Crippen LogP) is 1.85. The number of halogens is 1. The standard InChI is InChI=1S/C21H32FN3O4S/c22-19-5-1-6-20(16-19)30(27,28)25-11-2-4-18(17-25)7-8-21(26)23-9-3-10-24-12-14-29-15-13-24/h1,5-6,16,18H,2-4,7-15,17H2,(H,23,26). The highest BCUT2D eigenvalue weighted by Gasteiger charge is 2.30. The van der Waals surface area contributed by atoms with Gasteiger partial charge in [0.25, 0.3) is 0 Å². The summed E-state index contributed by atoms with van der Waals surface area (Å²) < 4.78 is 45.8. The number of nitrogens with one attached hydrogen (secondary N) is 1. The lowest BCUT2D eigenvalue weighted by atomic mass is 9.94. The summed E-state index contributed by atoms with van der Waals surface area (Å²) in [5.41, 5.74) is 0. The third kappa shape index (κ3) is 6.73. The first-order valence-electron chi connectivity index (χ1n) is 10.8. The van der Waals surface area contributed by atoms with E-state index in [9.17, 15) is 17.6 Å². The van der Waals surface area contributed by atoms with Crippen molar-refractivity contribution in [3.8, 4) is 0 Å². The fourth-order valence-corrected chi connectivity index (χ4v) is 5.62. The molecule has 9 heteroatoms. The van der Waals surface area contributed by atoms with Crippen molar-refractivity contribution in [2.75, 3.05) is 52.5 Å². The highest BCUT2D eigenvalue weighted by atomic mass is 32.2. The summed E-state index contributed by atoms with van der Waals surface area (Å²) in [5.74, 6) is -0.404. The van der Waals surface area contributed by atoms with Crippen LogP contribution in [0.2, 0.25) is 0 Å². The maximum atomic E-state index is 13.4. The van der Waals surface area contributed by atoms with E-state index in [1.165, 1.54) is 22.5 Å². The van der Waals surface area contributed by atoms with E-state index in [-0.39, 0.29) is 16.7 Å². The zero-order valence-corrected chi connectivity index (χ0v) is 18.2. The molecule has 30 heavy (non-hydrogen) atoms. The molecular weight excluding hydrogens is 409 g/mol. The van der Waals surface area contributed by atoms with Gasteiger partial charge in [-0.3, -0.25) is 9.69 Å². The summed E-state index contributed by atoms with van der Waals surface area (Å²) in [5, 5.41) is 2.96. The second-order valence-electron chi connectivity index (χ2n) is 8.02. The Balaban J connectivity index is 1.38. The molecule has 2 saturated heterocycles. The van der Waals surface area contributed by atoms with Crippen molar-refractivity contribution in [1.29, 1.82) is 0 Å². The van der Waals surface area contributed by atoms with Crippen molar-refractivity contribution in [3.63, 3.8) is 0 Å². The highest BCUT2D eigenvalue weighted by molar-refractivity contribution is 7.89. The molecular formula is C21H32FN3O4S. The summed E-state index contributed by atoms with van der Waals surface area (Å²) in [7, 11) is -3.71. The highest BCUT2D eigenvalue weighted by Crippen LogP contribution is 2.26. The number of hydrogen-bond donors (Lipinski definition) is 1. The number of nitrogens with zero attached hydrogens (tertiary/aromatic N) is 2. The molecule has 1 amide bonds. The number of carbonyl (C=O) groups excluding carboxylic acids is 1. The van der Waals surface area contributed by atoms with Gasteiger partial charge in [0.15, 0.2) is 0 Å². The van der Waals surface area contributed by atoms with Crippen LogP contribution >= 0.6 is 0 Å². The van der Waals surface area contributed by atoms with Gasteiger partial charge in [-0.2, -0.15) is 4.31 Å². The Morgan fingerprint density at radius 1 is 1.23 bits per heavy atom. The van der Waals surface area contributed by atoms with E-state index in [0.29, 0.717) is 32.5 Å². The third-order valence-corrected chi connectivity index (χ3v) is 7.63. The number of piperidine rings is 1. The molecule has 0 aliphatic carbocycles. The number of carbonyl (C=O) groups is 1. The van der Waals surface area contributed by atoms with Gasteiger partial charge in [-0.15, -0.1) is 0 Å². The Morgan fingerprint density at radius 3 is 2.80 bits per heavy atom. The maximum Gasteiger partial charge on any atom is 0.243 e. The van der Waals surface area contributed by atoms with Crippen molar-refractivity contribution in [2.45, 2.75) is 37.0 Å². The van der Waals surface area contributed by atoms with Crippen LogP contribution in [0, 0.1) is 11.7 Å². The van der Waals surface area contributed by atoms with Crippen LogP contribution < -0.4 is 5.32 Å². The van der Waals surface area contributed by atoms with Gasteiger partial charge in [-0.05, 0) is 56.3 Å². The maximum absolute atomic E-state index is 13.4. The van der Waals surface area contributed by atoms with Crippen molar-refractivity contribution in [3.05, 3.63) is 30.1 Å². The Bertz CT molecular complexity index is 799. The van der Waals surface area contributed by atoms with Crippen molar-refractivity contribution >= 4 is 15.9 Å². The van der Waals surface area contributed by atoms with Crippen LogP contribution in [0.4, 0.5) is 4.39 Å². The molecule has 0 aromatic heterocycles. The normalized spacial score (nSPS) is 21.4. The van der Waals surface area contributed by atoms with E-state index < -0.39 is 15.8 Å². The molecule has 1 aromatic carbocycles. The number of morpholine rings is 1. The van der Waals surface area contributed by atoms with Crippen molar-refractivity contribution < 1.29 is 22.3 Å². The van der Waals surface area contributed by atoms with E-state index in [1.807, 2.05) is 0 Å². The molecule has 2 heterocycles. The quantitative estimate of drug-likeness (QED) is 0.592. The fourth-order valence-electron chi connectivity index (χ4n) is 4.04. The number of rotatable bonds is 9. The van der Waals surface area contributed by atoms with Crippen LogP contribution in [0.25, 0.3) is 0 Å². The number of sulfonamides is 1. The lowest BCUT2D eigenvalue weighted by molar-refractivity contribution is -0.121. The number of benzene rings is 1. The largest absolute Gasteiger partial charge is 0.379 e. The summed E-state index contributed by atoms with van der Waals surface area (Å²) in [6.07, 6.45) is 3.62. The first kappa shape index (κ1) is 23.1. The average Bonchev–Trinajstić information content (AvgIpc) is 2.76. The van der Waals surface area contributed by atoms with Gasteiger partial charge in [0.1, 0.15) is 5.82 Å². The Hall–Kier alpha value is -1.55. The first-order chi connectivity index (χ1) is 14.4. The van der Waals surface area contributed by atoms with Gasteiger partial charge in [0.2, 0.25) is 15.9 Å². The number of ether oxygens (including phenoxy) is 1. The molecule has 2 fully saturated rings. The fraction of sp³-hybridized carbons (Fsp3) is 0.667. The monoisotopic (exact) mass is 441 g/mol. The molecule has 0 radical (unpaired) electrons. The van der Waals surface area contributed by atoms with Crippen LogP contribution in [0.1, 0.15) is 32.1 Å². The predicted molar refractivity (Wildman–Crippen MR) is 112 cm³/mol. The van der Waals surface area contributed by atoms with E-state index in [4.69, 9.17) is 4.74 Å².